The molecule has 0 aliphatic carbocycles. The number of nitriles is 1. The maximum atomic E-state index is 9.53. The Morgan fingerprint density at radius 3 is 2.84 bits per heavy atom. The van der Waals surface area contributed by atoms with Gasteiger partial charge in [-0.15, -0.1) is 0 Å². The summed E-state index contributed by atoms with van der Waals surface area (Å²) >= 11 is 0. The molecule has 1 saturated heterocycles. The molecule has 2 N–H and O–H groups in total. The fourth-order valence-electron chi connectivity index (χ4n) is 3.37. The molecule has 0 saturated carbocycles. The molecular formula is C20H24N4O. The molecule has 0 bridgehead atoms. The van der Waals surface area contributed by atoms with Crippen LogP contribution in [0.3, 0.4) is 0 Å². The molecule has 1 atom stereocenters. The molecule has 5 nitrogen and oxygen atoms in total. The molecule has 2 aromatic rings. The van der Waals surface area contributed by atoms with Gasteiger partial charge in [0, 0.05) is 24.8 Å². The van der Waals surface area contributed by atoms with Crippen LogP contribution in [0.25, 0.3) is 0 Å². The second kappa shape index (κ2) is 8.11. The lowest BCUT2D eigenvalue weighted by Crippen LogP contribution is -2.32. The van der Waals surface area contributed by atoms with Gasteiger partial charge in [0.05, 0.1) is 12.2 Å². The first-order chi connectivity index (χ1) is 12.2. The van der Waals surface area contributed by atoms with Crippen molar-refractivity contribution in [2.45, 2.75) is 38.9 Å². The molecule has 3 rings (SSSR count). The lowest BCUT2D eigenvalue weighted by Gasteiger charge is -2.24. The first-order valence-electron chi connectivity index (χ1n) is 8.74. The van der Waals surface area contributed by atoms with Gasteiger partial charge in [0.15, 0.2) is 0 Å². The van der Waals surface area contributed by atoms with Gasteiger partial charge in [0.2, 0.25) is 0 Å². The van der Waals surface area contributed by atoms with Crippen molar-refractivity contribution in [2.24, 2.45) is 0 Å². The summed E-state index contributed by atoms with van der Waals surface area (Å²) in [4.78, 5) is 6.79. The number of aryl methyl sites for hydroxylation is 1. The quantitative estimate of drug-likeness (QED) is 0.849. The van der Waals surface area contributed by atoms with E-state index >= 15 is 0 Å². The molecule has 0 amide bonds. The van der Waals surface area contributed by atoms with Gasteiger partial charge in [-0.2, -0.15) is 5.26 Å². The average Bonchev–Trinajstić information content (AvgIpc) is 3.08. The van der Waals surface area contributed by atoms with E-state index < -0.39 is 0 Å². The van der Waals surface area contributed by atoms with Crippen LogP contribution in [0.15, 0.2) is 36.4 Å². The smallest absolute Gasteiger partial charge is 0.144 e. The van der Waals surface area contributed by atoms with Crippen LogP contribution in [-0.2, 0) is 13.1 Å². The lowest BCUT2D eigenvalue weighted by molar-refractivity contribution is 0.153. The van der Waals surface area contributed by atoms with E-state index in [2.05, 4.69) is 39.5 Å². The van der Waals surface area contributed by atoms with Crippen LogP contribution in [0.4, 0.5) is 5.82 Å². The molecule has 0 radical (unpaired) electrons. The fraction of sp³-hybridized carbons (Fsp3) is 0.400. The van der Waals surface area contributed by atoms with Gasteiger partial charge in [-0.3, -0.25) is 4.90 Å². The van der Waals surface area contributed by atoms with E-state index in [1.807, 2.05) is 19.1 Å². The zero-order valence-electron chi connectivity index (χ0n) is 14.6. The van der Waals surface area contributed by atoms with Crippen LogP contribution in [-0.4, -0.2) is 34.2 Å². The lowest BCUT2D eigenvalue weighted by atomic mass is 10.1. The number of rotatable bonds is 6. The Morgan fingerprint density at radius 1 is 1.28 bits per heavy atom. The van der Waals surface area contributed by atoms with Crippen LogP contribution in [0, 0.1) is 18.3 Å². The maximum Gasteiger partial charge on any atom is 0.144 e. The summed E-state index contributed by atoms with van der Waals surface area (Å²) in [6, 6.07) is 14.4. The van der Waals surface area contributed by atoms with Crippen molar-refractivity contribution in [3.63, 3.8) is 0 Å². The van der Waals surface area contributed by atoms with Gasteiger partial charge < -0.3 is 10.4 Å². The second-order valence-electron chi connectivity index (χ2n) is 6.53. The second-order valence-corrected chi connectivity index (χ2v) is 6.53. The third kappa shape index (κ3) is 4.16. The summed E-state index contributed by atoms with van der Waals surface area (Å²) in [5, 5.41) is 22.1. The topological polar surface area (TPSA) is 72.2 Å². The first kappa shape index (κ1) is 17.4. The van der Waals surface area contributed by atoms with Crippen LogP contribution in [0.1, 0.15) is 35.2 Å². The summed E-state index contributed by atoms with van der Waals surface area (Å²) in [5.41, 5.74) is 3.89. The van der Waals surface area contributed by atoms with Crippen molar-refractivity contribution in [1.82, 2.24) is 9.88 Å². The van der Waals surface area contributed by atoms with Crippen molar-refractivity contribution in [1.29, 1.82) is 5.26 Å². The minimum Gasteiger partial charge on any atom is -0.395 e. The average molecular weight is 336 g/mol. The van der Waals surface area contributed by atoms with Crippen LogP contribution >= 0.6 is 0 Å². The third-order valence-corrected chi connectivity index (χ3v) is 4.80. The highest BCUT2D eigenvalue weighted by molar-refractivity contribution is 5.52. The standard InChI is InChI=1S/C20H24N4O/c1-15-8-9-16(11-21)20(23-15)22-12-17-5-2-3-6-18(17)13-24-10-4-7-19(24)14-25/h2-3,5-6,8-9,19,25H,4,7,10,12-14H2,1H3,(H,22,23)/t19-/m1/s1. The minimum absolute atomic E-state index is 0.221. The van der Waals surface area contributed by atoms with E-state index in [0.717, 1.165) is 31.6 Å². The summed E-state index contributed by atoms with van der Waals surface area (Å²) in [6.07, 6.45) is 2.21. The van der Waals surface area contributed by atoms with Gasteiger partial charge >= 0.3 is 0 Å². The Labute approximate surface area is 148 Å². The van der Waals surface area contributed by atoms with Crippen LogP contribution < -0.4 is 5.32 Å². The van der Waals surface area contributed by atoms with E-state index in [1.165, 1.54) is 11.1 Å². The molecule has 1 aromatic heterocycles. The fourth-order valence-corrected chi connectivity index (χ4v) is 3.37. The molecule has 0 unspecified atom stereocenters. The normalized spacial score (nSPS) is 17.4. The number of aliphatic hydroxyl groups excluding tert-OH is 1. The Hall–Kier alpha value is -2.42. The molecule has 1 aliphatic heterocycles. The molecule has 130 valence electrons. The van der Waals surface area contributed by atoms with Gasteiger partial charge in [-0.1, -0.05) is 24.3 Å². The van der Waals surface area contributed by atoms with Crippen molar-refractivity contribution in [3.8, 4) is 6.07 Å². The maximum absolute atomic E-state index is 9.53. The number of aromatic nitrogens is 1. The summed E-state index contributed by atoms with van der Waals surface area (Å²) < 4.78 is 0. The molecule has 25 heavy (non-hydrogen) atoms. The van der Waals surface area contributed by atoms with Crippen molar-refractivity contribution in [3.05, 3.63) is 58.8 Å². The van der Waals surface area contributed by atoms with Crippen molar-refractivity contribution < 1.29 is 5.11 Å². The van der Waals surface area contributed by atoms with E-state index in [4.69, 9.17) is 0 Å². The molecule has 1 aliphatic rings. The molecule has 1 aromatic carbocycles. The summed E-state index contributed by atoms with van der Waals surface area (Å²) in [6.45, 7) is 4.64. The highest BCUT2D eigenvalue weighted by Crippen LogP contribution is 2.22. The number of likely N-dealkylation sites (tertiary alicyclic amines) is 1. The monoisotopic (exact) mass is 336 g/mol. The molecular weight excluding hydrogens is 312 g/mol. The van der Waals surface area contributed by atoms with E-state index in [-0.39, 0.29) is 12.6 Å². The number of nitrogens with one attached hydrogen (secondary N) is 1. The number of aliphatic hydroxyl groups is 1. The number of hydrogen-bond donors (Lipinski definition) is 2. The molecule has 1 fully saturated rings. The van der Waals surface area contributed by atoms with Crippen LogP contribution in [0.5, 0.6) is 0 Å². The zero-order valence-corrected chi connectivity index (χ0v) is 14.6. The SMILES string of the molecule is Cc1ccc(C#N)c(NCc2ccccc2CN2CCC[C@@H]2CO)n1. The first-order valence-corrected chi connectivity index (χ1v) is 8.74. The highest BCUT2D eigenvalue weighted by atomic mass is 16.3. The largest absolute Gasteiger partial charge is 0.395 e. The Bertz CT molecular complexity index is 769. The predicted octanol–water partition coefficient (Wildman–Crippen LogP) is 2.83. The van der Waals surface area contributed by atoms with E-state index in [9.17, 15) is 10.4 Å². The Morgan fingerprint density at radius 2 is 2.08 bits per heavy atom. The van der Waals surface area contributed by atoms with Gasteiger partial charge in [-0.25, -0.2) is 4.98 Å². The molecule has 0 spiro atoms. The number of hydrogen-bond acceptors (Lipinski definition) is 5. The highest BCUT2D eigenvalue weighted by Gasteiger charge is 2.24. The van der Waals surface area contributed by atoms with E-state index in [0.29, 0.717) is 17.9 Å². The summed E-state index contributed by atoms with van der Waals surface area (Å²) in [7, 11) is 0. The predicted molar refractivity (Wildman–Crippen MR) is 98.0 cm³/mol. The minimum atomic E-state index is 0.221. The van der Waals surface area contributed by atoms with E-state index in [1.54, 1.807) is 6.07 Å². The molecule has 5 heteroatoms. The Balaban J connectivity index is 1.73. The van der Waals surface area contributed by atoms with Crippen molar-refractivity contribution >= 4 is 5.82 Å². The van der Waals surface area contributed by atoms with Gasteiger partial charge in [0.25, 0.3) is 0 Å². The number of pyridine rings is 1. The Kier molecular flexibility index (Phi) is 5.64. The number of benzene rings is 1. The molecule has 2 heterocycles. The summed E-state index contributed by atoms with van der Waals surface area (Å²) in [5.74, 6) is 0.631. The van der Waals surface area contributed by atoms with Crippen LogP contribution in [0.2, 0.25) is 0 Å². The number of anilines is 1. The third-order valence-electron chi connectivity index (χ3n) is 4.80. The van der Waals surface area contributed by atoms with Crippen molar-refractivity contribution in [2.75, 3.05) is 18.5 Å². The van der Waals surface area contributed by atoms with Gasteiger partial charge in [-0.05, 0) is 49.6 Å². The zero-order chi connectivity index (χ0) is 17.6. The van der Waals surface area contributed by atoms with Gasteiger partial charge in [0.1, 0.15) is 11.9 Å². The number of nitrogens with zero attached hydrogens (tertiary/aromatic N) is 3.